The van der Waals surface area contributed by atoms with E-state index in [1.165, 1.54) is 25.7 Å². The first kappa shape index (κ1) is 14.8. The molecule has 0 unspecified atom stereocenters. The highest BCUT2D eigenvalue weighted by Crippen LogP contribution is 2.20. The number of nitrogens with one attached hydrogen (secondary N) is 2. The van der Waals surface area contributed by atoms with Crippen LogP contribution in [-0.4, -0.2) is 27.3 Å². The fourth-order valence-corrected chi connectivity index (χ4v) is 2.29. The Labute approximate surface area is 121 Å². The average Bonchev–Trinajstić information content (AvgIpc) is 2.38. The molecule has 0 amide bonds. The fourth-order valence-electron chi connectivity index (χ4n) is 2.29. The standard InChI is InChI=1S/C15H25N5/c1-15(2,3)19-13-11-17-20-14(18-13)16-10-9-12-7-5-4-6-8-12/h7,11H,4-6,8-10H2,1-3H3,(H2,16,18,19,20). The average molecular weight is 275 g/mol. The third-order valence-electron chi connectivity index (χ3n) is 3.18. The first-order chi connectivity index (χ1) is 9.53. The maximum atomic E-state index is 4.43. The molecule has 2 N–H and O–H groups in total. The molecule has 5 nitrogen and oxygen atoms in total. The van der Waals surface area contributed by atoms with Gasteiger partial charge in [0.05, 0.1) is 6.20 Å². The molecule has 0 aliphatic heterocycles. The molecule has 110 valence electrons. The number of allylic oxidation sites excluding steroid dienone is 1. The Hall–Kier alpha value is -1.65. The lowest BCUT2D eigenvalue weighted by Gasteiger charge is -2.21. The zero-order valence-corrected chi connectivity index (χ0v) is 12.7. The zero-order valence-electron chi connectivity index (χ0n) is 12.7. The minimum atomic E-state index is -0.0276. The summed E-state index contributed by atoms with van der Waals surface area (Å²) >= 11 is 0. The molecule has 0 fully saturated rings. The third kappa shape index (κ3) is 5.15. The molecule has 1 aromatic rings. The van der Waals surface area contributed by atoms with Crippen LogP contribution in [0.2, 0.25) is 0 Å². The van der Waals surface area contributed by atoms with Gasteiger partial charge in [0, 0.05) is 12.1 Å². The second-order valence-electron chi connectivity index (χ2n) is 6.33. The van der Waals surface area contributed by atoms with E-state index in [1.807, 2.05) is 0 Å². The maximum Gasteiger partial charge on any atom is 0.244 e. The molecule has 0 spiro atoms. The topological polar surface area (TPSA) is 62.7 Å². The summed E-state index contributed by atoms with van der Waals surface area (Å²) in [6, 6.07) is 0. The monoisotopic (exact) mass is 275 g/mol. The van der Waals surface area contributed by atoms with Crippen molar-refractivity contribution in [1.29, 1.82) is 0 Å². The van der Waals surface area contributed by atoms with Crippen LogP contribution in [0.3, 0.4) is 0 Å². The summed E-state index contributed by atoms with van der Waals surface area (Å²) in [4.78, 5) is 4.43. The van der Waals surface area contributed by atoms with Gasteiger partial charge in [-0.25, -0.2) is 0 Å². The lowest BCUT2D eigenvalue weighted by molar-refractivity contribution is 0.628. The van der Waals surface area contributed by atoms with Crippen molar-refractivity contribution < 1.29 is 0 Å². The smallest absolute Gasteiger partial charge is 0.244 e. The van der Waals surface area contributed by atoms with Crippen molar-refractivity contribution in [1.82, 2.24) is 15.2 Å². The molecular formula is C15H25N5. The van der Waals surface area contributed by atoms with Crippen LogP contribution >= 0.6 is 0 Å². The van der Waals surface area contributed by atoms with Gasteiger partial charge in [-0.15, -0.1) is 5.10 Å². The number of rotatable bonds is 5. The lowest BCUT2D eigenvalue weighted by Crippen LogP contribution is -2.27. The van der Waals surface area contributed by atoms with Gasteiger partial charge in [0.25, 0.3) is 0 Å². The molecule has 2 rings (SSSR count). The van der Waals surface area contributed by atoms with Crippen molar-refractivity contribution in [2.45, 2.75) is 58.4 Å². The van der Waals surface area contributed by atoms with Crippen molar-refractivity contribution in [2.75, 3.05) is 17.2 Å². The SMILES string of the molecule is CC(C)(C)Nc1cnnc(NCCC2=CCCCC2)n1. The van der Waals surface area contributed by atoms with Crippen molar-refractivity contribution in [3.63, 3.8) is 0 Å². The molecule has 1 aliphatic carbocycles. The Balaban J connectivity index is 1.83. The number of hydrogen-bond acceptors (Lipinski definition) is 5. The van der Waals surface area contributed by atoms with Crippen LogP contribution in [0.5, 0.6) is 0 Å². The molecule has 0 radical (unpaired) electrons. The third-order valence-corrected chi connectivity index (χ3v) is 3.18. The van der Waals surface area contributed by atoms with Gasteiger partial charge < -0.3 is 10.6 Å². The summed E-state index contributed by atoms with van der Waals surface area (Å²) in [6.45, 7) is 7.15. The lowest BCUT2D eigenvalue weighted by atomic mass is 9.97. The first-order valence-electron chi connectivity index (χ1n) is 7.43. The van der Waals surface area contributed by atoms with Crippen LogP contribution in [0.25, 0.3) is 0 Å². The number of hydrogen-bond donors (Lipinski definition) is 2. The molecule has 0 atom stereocenters. The minimum absolute atomic E-state index is 0.0276. The normalized spacial score (nSPS) is 15.7. The zero-order chi connectivity index (χ0) is 14.4. The van der Waals surface area contributed by atoms with Crippen molar-refractivity contribution in [3.8, 4) is 0 Å². The van der Waals surface area contributed by atoms with E-state index in [-0.39, 0.29) is 5.54 Å². The van der Waals surface area contributed by atoms with Crippen molar-refractivity contribution >= 4 is 11.8 Å². The highest BCUT2D eigenvalue weighted by molar-refractivity contribution is 5.38. The molecule has 1 aliphatic rings. The number of nitrogens with zero attached hydrogens (tertiary/aromatic N) is 3. The van der Waals surface area contributed by atoms with Gasteiger partial charge in [0.1, 0.15) is 0 Å². The Morgan fingerprint density at radius 2 is 2.10 bits per heavy atom. The predicted octanol–water partition coefficient (Wildman–Crippen LogP) is 3.38. The summed E-state index contributed by atoms with van der Waals surface area (Å²) in [6.07, 6.45) is 10.2. The van der Waals surface area contributed by atoms with Crippen LogP contribution in [0.15, 0.2) is 17.8 Å². The molecular weight excluding hydrogens is 250 g/mol. The van der Waals surface area contributed by atoms with Gasteiger partial charge in [-0.05, 0) is 52.9 Å². The highest BCUT2D eigenvalue weighted by atomic mass is 15.3. The van der Waals surface area contributed by atoms with Crippen LogP contribution in [0.1, 0.15) is 52.9 Å². The van der Waals surface area contributed by atoms with Crippen LogP contribution in [0, 0.1) is 0 Å². The summed E-state index contributed by atoms with van der Waals surface area (Å²) in [5.74, 6) is 1.35. The Bertz CT molecular complexity index is 462. The van der Waals surface area contributed by atoms with Gasteiger partial charge >= 0.3 is 0 Å². The maximum absolute atomic E-state index is 4.43. The first-order valence-corrected chi connectivity index (χ1v) is 7.43. The van der Waals surface area contributed by atoms with E-state index in [0.717, 1.165) is 18.8 Å². The van der Waals surface area contributed by atoms with E-state index in [0.29, 0.717) is 5.95 Å². The summed E-state index contributed by atoms with van der Waals surface area (Å²) in [5.41, 5.74) is 1.53. The van der Waals surface area contributed by atoms with Gasteiger partial charge in [0.2, 0.25) is 5.95 Å². The summed E-state index contributed by atoms with van der Waals surface area (Å²) in [5, 5.41) is 14.6. The Morgan fingerprint density at radius 3 is 2.80 bits per heavy atom. The molecule has 20 heavy (non-hydrogen) atoms. The molecule has 0 saturated carbocycles. The highest BCUT2D eigenvalue weighted by Gasteiger charge is 2.11. The largest absolute Gasteiger partial charge is 0.364 e. The molecule has 0 saturated heterocycles. The van der Waals surface area contributed by atoms with E-state index in [9.17, 15) is 0 Å². The van der Waals surface area contributed by atoms with Crippen LogP contribution in [-0.2, 0) is 0 Å². The van der Waals surface area contributed by atoms with E-state index in [1.54, 1.807) is 11.8 Å². The van der Waals surface area contributed by atoms with E-state index in [2.05, 4.69) is 52.7 Å². The Morgan fingerprint density at radius 1 is 1.25 bits per heavy atom. The van der Waals surface area contributed by atoms with Crippen molar-refractivity contribution in [3.05, 3.63) is 17.8 Å². The minimum Gasteiger partial charge on any atom is -0.364 e. The molecule has 1 heterocycles. The van der Waals surface area contributed by atoms with Gasteiger partial charge in [-0.3, -0.25) is 0 Å². The number of anilines is 2. The van der Waals surface area contributed by atoms with Gasteiger partial charge in [-0.2, -0.15) is 10.1 Å². The van der Waals surface area contributed by atoms with E-state index in [4.69, 9.17) is 0 Å². The summed E-state index contributed by atoms with van der Waals surface area (Å²) < 4.78 is 0. The van der Waals surface area contributed by atoms with Gasteiger partial charge in [0.15, 0.2) is 5.82 Å². The molecule has 0 aromatic carbocycles. The van der Waals surface area contributed by atoms with E-state index < -0.39 is 0 Å². The number of aromatic nitrogens is 3. The quantitative estimate of drug-likeness (QED) is 0.807. The Kier molecular flexibility index (Phi) is 4.93. The van der Waals surface area contributed by atoms with Crippen molar-refractivity contribution in [2.24, 2.45) is 0 Å². The fraction of sp³-hybridized carbons (Fsp3) is 0.667. The molecule has 1 aromatic heterocycles. The predicted molar refractivity (Wildman–Crippen MR) is 82.9 cm³/mol. The summed E-state index contributed by atoms with van der Waals surface area (Å²) in [7, 11) is 0. The van der Waals surface area contributed by atoms with Crippen LogP contribution < -0.4 is 10.6 Å². The van der Waals surface area contributed by atoms with Gasteiger partial charge in [-0.1, -0.05) is 11.6 Å². The second kappa shape index (κ2) is 6.68. The van der Waals surface area contributed by atoms with Crippen LogP contribution in [0.4, 0.5) is 11.8 Å². The molecule has 5 heteroatoms. The second-order valence-corrected chi connectivity index (χ2v) is 6.33. The molecule has 0 bridgehead atoms. The van der Waals surface area contributed by atoms with E-state index >= 15 is 0 Å².